The number of carbonyl (C=O) groups is 1. The quantitative estimate of drug-likeness (QED) is 0.882. The van der Waals surface area contributed by atoms with Crippen molar-refractivity contribution >= 4 is 22.8 Å². The molecule has 0 amide bonds. The van der Waals surface area contributed by atoms with Gasteiger partial charge < -0.3 is 4.74 Å². The molecule has 0 radical (unpaired) electrons. The SMILES string of the molecule is COC(=O)c1ccc([C@H]2NN=C(c3ccc(C)cc3)S2)cc1. The molecule has 3 rings (SSSR count). The van der Waals surface area contributed by atoms with E-state index in [4.69, 9.17) is 4.74 Å². The molecule has 0 saturated carbocycles. The van der Waals surface area contributed by atoms with Crippen LogP contribution in [0.1, 0.15) is 32.4 Å². The van der Waals surface area contributed by atoms with Gasteiger partial charge in [0.15, 0.2) is 0 Å². The van der Waals surface area contributed by atoms with Crippen LogP contribution in [0.5, 0.6) is 0 Å². The Morgan fingerprint density at radius 3 is 2.45 bits per heavy atom. The van der Waals surface area contributed by atoms with Crippen molar-refractivity contribution in [2.75, 3.05) is 7.11 Å². The predicted octanol–water partition coefficient (Wildman–Crippen LogP) is 3.48. The molecule has 1 atom stereocenters. The molecule has 1 heterocycles. The van der Waals surface area contributed by atoms with Crippen LogP contribution in [-0.4, -0.2) is 18.1 Å². The highest BCUT2D eigenvalue weighted by Crippen LogP contribution is 2.34. The zero-order valence-electron chi connectivity index (χ0n) is 12.4. The first-order valence-electron chi connectivity index (χ1n) is 6.92. The van der Waals surface area contributed by atoms with Crippen LogP contribution < -0.4 is 5.43 Å². The van der Waals surface area contributed by atoms with Crippen LogP contribution >= 0.6 is 11.8 Å². The van der Waals surface area contributed by atoms with Gasteiger partial charge in [0.2, 0.25) is 0 Å². The summed E-state index contributed by atoms with van der Waals surface area (Å²) < 4.78 is 4.70. The van der Waals surface area contributed by atoms with Crippen molar-refractivity contribution in [1.29, 1.82) is 0 Å². The fraction of sp³-hybridized carbons (Fsp3) is 0.176. The van der Waals surface area contributed by atoms with E-state index in [2.05, 4.69) is 41.7 Å². The van der Waals surface area contributed by atoms with Gasteiger partial charge in [-0.15, -0.1) is 0 Å². The van der Waals surface area contributed by atoms with E-state index in [0.717, 1.165) is 16.2 Å². The minimum atomic E-state index is -0.324. The summed E-state index contributed by atoms with van der Waals surface area (Å²) in [5.74, 6) is -0.324. The van der Waals surface area contributed by atoms with Gasteiger partial charge in [-0.1, -0.05) is 53.7 Å². The Bertz CT molecular complexity index is 708. The average Bonchev–Trinajstić information content (AvgIpc) is 3.05. The van der Waals surface area contributed by atoms with Crippen molar-refractivity contribution in [1.82, 2.24) is 5.43 Å². The topological polar surface area (TPSA) is 50.7 Å². The second-order valence-corrected chi connectivity index (χ2v) is 6.12. The highest BCUT2D eigenvalue weighted by Gasteiger charge is 2.22. The fourth-order valence-corrected chi connectivity index (χ4v) is 3.16. The smallest absolute Gasteiger partial charge is 0.337 e. The minimum absolute atomic E-state index is 0.0583. The third-order valence-electron chi connectivity index (χ3n) is 3.45. The van der Waals surface area contributed by atoms with Gasteiger partial charge in [-0.2, -0.15) is 5.10 Å². The van der Waals surface area contributed by atoms with Gasteiger partial charge in [0.25, 0.3) is 0 Å². The van der Waals surface area contributed by atoms with Crippen molar-refractivity contribution in [2.45, 2.75) is 12.3 Å². The summed E-state index contributed by atoms with van der Waals surface area (Å²) in [6, 6.07) is 15.7. The Hall–Kier alpha value is -2.27. The van der Waals surface area contributed by atoms with Crippen LogP contribution in [0.15, 0.2) is 53.6 Å². The molecule has 1 aliphatic heterocycles. The molecule has 0 fully saturated rings. The van der Waals surface area contributed by atoms with Gasteiger partial charge in [-0.05, 0) is 24.6 Å². The normalized spacial score (nSPS) is 16.8. The molecule has 1 N–H and O–H groups in total. The largest absolute Gasteiger partial charge is 0.465 e. The summed E-state index contributed by atoms with van der Waals surface area (Å²) in [6.07, 6.45) is 0. The van der Waals surface area contributed by atoms with E-state index >= 15 is 0 Å². The minimum Gasteiger partial charge on any atom is -0.465 e. The summed E-state index contributed by atoms with van der Waals surface area (Å²) in [7, 11) is 1.38. The molecule has 4 nitrogen and oxygen atoms in total. The maximum atomic E-state index is 11.4. The van der Waals surface area contributed by atoms with E-state index in [1.165, 1.54) is 12.7 Å². The summed E-state index contributed by atoms with van der Waals surface area (Å²) in [5.41, 5.74) is 7.10. The van der Waals surface area contributed by atoms with Crippen molar-refractivity contribution in [3.8, 4) is 0 Å². The zero-order chi connectivity index (χ0) is 15.5. The Morgan fingerprint density at radius 1 is 1.14 bits per heavy atom. The van der Waals surface area contributed by atoms with E-state index in [0.29, 0.717) is 5.56 Å². The highest BCUT2D eigenvalue weighted by atomic mass is 32.2. The molecule has 0 aromatic heterocycles. The molecule has 2 aromatic rings. The summed E-state index contributed by atoms with van der Waals surface area (Å²) >= 11 is 1.67. The van der Waals surface area contributed by atoms with Gasteiger partial charge in [0, 0.05) is 5.56 Å². The van der Waals surface area contributed by atoms with Crippen LogP contribution in [0.4, 0.5) is 0 Å². The third kappa shape index (κ3) is 2.99. The highest BCUT2D eigenvalue weighted by molar-refractivity contribution is 8.14. The third-order valence-corrected chi connectivity index (χ3v) is 4.61. The lowest BCUT2D eigenvalue weighted by molar-refractivity contribution is 0.0600. The van der Waals surface area contributed by atoms with Crippen LogP contribution in [0.25, 0.3) is 0 Å². The number of nitrogens with zero attached hydrogens (tertiary/aromatic N) is 1. The molecule has 22 heavy (non-hydrogen) atoms. The maximum absolute atomic E-state index is 11.4. The van der Waals surface area contributed by atoms with Crippen molar-refractivity contribution in [2.24, 2.45) is 5.10 Å². The van der Waals surface area contributed by atoms with E-state index in [-0.39, 0.29) is 11.3 Å². The Labute approximate surface area is 133 Å². The zero-order valence-corrected chi connectivity index (χ0v) is 13.2. The number of hydrogen-bond donors (Lipinski definition) is 1. The Morgan fingerprint density at radius 2 is 1.82 bits per heavy atom. The average molecular weight is 312 g/mol. The van der Waals surface area contributed by atoms with Gasteiger partial charge in [-0.3, -0.25) is 5.43 Å². The van der Waals surface area contributed by atoms with Crippen LogP contribution in [0.3, 0.4) is 0 Å². The number of aryl methyl sites for hydroxylation is 1. The summed E-state index contributed by atoms with van der Waals surface area (Å²) in [6.45, 7) is 2.07. The molecule has 0 bridgehead atoms. The second kappa shape index (κ2) is 6.23. The van der Waals surface area contributed by atoms with Crippen LogP contribution in [0, 0.1) is 6.92 Å². The number of benzene rings is 2. The number of thioether (sulfide) groups is 1. The number of esters is 1. The van der Waals surface area contributed by atoms with E-state index in [9.17, 15) is 4.79 Å². The van der Waals surface area contributed by atoms with Crippen molar-refractivity contribution < 1.29 is 9.53 Å². The first kappa shape index (κ1) is 14.7. The number of rotatable bonds is 3. The van der Waals surface area contributed by atoms with Gasteiger partial charge in [-0.25, -0.2) is 4.79 Å². The van der Waals surface area contributed by atoms with Crippen molar-refractivity contribution in [3.63, 3.8) is 0 Å². The molecule has 112 valence electrons. The van der Waals surface area contributed by atoms with Crippen molar-refractivity contribution in [3.05, 3.63) is 70.8 Å². The second-order valence-electron chi connectivity index (χ2n) is 5.02. The number of ether oxygens (including phenoxy) is 1. The lowest BCUT2D eigenvalue weighted by Crippen LogP contribution is -2.07. The molecule has 0 spiro atoms. The molecule has 0 aliphatic carbocycles. The van der Waals surface area contributed by atoms with E-state index in [1.807, 2.05) is 12.1 Å². The monoisotopic (exact) mass is 312 g/mol. The fourth-order valence-electron chi connectivity index (χ4n) is 2.16. The molecule has 0 unspecified atom stereocenters. The lowest BCUT2D eigenvalue weighted by atomic mass is 10.1. The number of nitrogens with one attached hydrogen (secondary N) is 1. The number of hydrazone groups is 1. The number of carbonyl (C=O) groups excluding carboxylic acids is 1. The molecule has 2 aromatic carbocycles. The van der Waals surface area contributed by atoms with Crippen LogP contribution in [0.2, 0.25) is 0 Å². The lowest BCUT2D eigenvalue weighted by Gasteiger charge is -2.10. The molecule has 5 heteroatoms. The first-order chi connectivity index (χ1) is 10.7. The van der Waals surface area contributed by atoms with E-state index < -0.39 is 0 Å². The van der Waals surface area contributed by atoms with Crippen LogP contribution in [-0.2, 0) is 4.74 Å². The molecular weight excluding hydrogens is 296 g/mol. The van der Waals surface area contributed by atoms with Gasteiger partial charge >= 0.3 is 5.97 Å². The number of methoxy groups -OCH3 is 1. The molecule has 1 aliphatic rings. The van der Waals surface area contributed by atoms with Gasteiger partial charge in [0.1, 0.15) is 10.4 Å². The summed E-state index contributed by atoms with van der Waals surface area (Å²) in [4.78, 5) is 11.4. The molecule has 0 saturated heterocycles. The maximum Gasteiger partial charge on any atom is 0.337 e. The Kier molecular flexibility index (Phi) is 4.15. The number of hydrogen-bond acceptors (Lipinski definition) is 5. The molecular formula is C17H16N2O2S. The standard InChI is InChI=1S/C17H16N2O2S/c1-11-3-5-12(6-4-11)15-18-19-16(22-15)13-7-9-14(10-8-13)17(20)21-2/h3-10,16,19H,1-2H3/t16-/m0/s1. The Balaban J connectivity index is 1.71. The summed E-state index contributed by atoms with van der Waals surface area (Å²) in [5, 5.41) is 5.44. The van der Waals surface area contributed by atoms with Gasteiger partial charge in [0.05, 0.1) is 12.7 Å². The predicted molar refractivity (Wildman–Crippen MR) is 89.0 cm³/mol. The first-order valence-corrected chi connectivity index (χ1v) is 7.80. The van der Waals surface area contributed by atoms with E-state index in [1.54, 1.807) is 23.9 Å².